The Bertz CT molecular complexity index is 466. The first kappa shape index (κ1) is 11.3. The first-order valence-electron chi connectivity index (χ1n) is 5.03. The van der Waals surface area contributed by atoms with Gasteiger partial charge in [0, 0.05) is 12.5 Å². The maximum Gasteiger partial charge on any atom is 0.293 e. The minimum absolute atomic E-state index is 0.0637. The number of rotatable bonds is 4. The summed E-state index contributed by atoms with van der Waals surface area (Å²) in [5.41, 5.74) is 5.80. The zero-order chi connectivity index (χ0) is 11.5. The Labute approximate surface area is 101 Å². The fourth-order valence-corrected chi connectivity index (χ4v) is 1.55. The highest BCUT2D eigenvalue weighted by Gasteiger charge is 2.13. The van der Waals surface area contributed by atoms with Crippen molar-refractivity contribution >= 4 is 15.9 Å². The molecule has 2 rings (SSSR count). The molecule has 5 nitrogen and oxygen atoms in total. The summed E-state index contributed by atoms with van der Waals surface area (Å²) in [4.78, 5) is 4.21. The predicted molar refractivity (Wildman–Crippen MR) is 61.7 cm³/mol. The van der Waals surface area contributed by atoms with Gasteiger partial charge in [-0.15, -0.1) is 0 Å². The molecular weight excluding hydrogens is 274 g/mol. The standard InChI is InChI=1S/C10H12BrN3O2/c1-2-6(12)5-9-13-10(16-14-9)7-3-4-8(11)15-7/h3-4,6H,2,5,12H2,1H3. The van der Waals surface area contributed by atoms with Crippen molar-refractivity contribution in [3.05, 3.63) is 22.6 Å². The van der Waals surface area contributed by atoms with Crippen LogP contribution in [0.2, 0.25) is 0 Å². The van der Waals surface area contributed by atoms with Crippen LogP contribution in [0.15, 0.2) is 25.7 Å². The van der Waals surface area contributed by atoms with Gasteiger partial charge >= 0.3 is 0 Å². The Morgan fingerprint density at radius 1 is 1.50 bits per heavy atom. The van der Waals surface area contributed by atoms with Gasteiger partial charge in [-0.2, -0.15) is 4.98 Å². The minimum Gasteiger partial charge on any atom is -0.444 e. The average molecular weight is 286 g/mol. The molecule has 0 aliphatic heterocycles. The molecule has 0 fully saturated rings. The quantitative estimate of drug-likeness (QED) is 0.933. The van der Waals surface area contributed by atoms with E-state index in [0.29, 0.717) is 28.6 Å². The zero-order valence-corrected chi connectivity index (χ0v) is 10.4. The van der Waals surface area contributed by atoms with Crippen LogP contribution in [-0.2, 0) is 6.42 Å². The predicted octanol–water partition coefficient (Wildman–Crippen LogP) is 2.37. The Hall–Kier alpha value is -1.14. The van der Waals surface area contributed by atoms with Crippen LogP contribution in [0.3, 0.4) is 0 Å². The van der Waals surface area contributed by atoms with E-state index < -0.39 is 0 Å². The monoisotopic (exact) mass is 285 g/mol. The highest BCUT2D eigenvalue weighted by atomic mass is 79.9. The van der Waals surface area contributed by atoms with E-state index in [1.807, 2.05) is 6.92 Å². The van der Waals surface area contributed by atoms with Gasteiger partial charge in [0.05, 0.1) is 0 Å². The summed E-state index contributed by atoms with van der Waals surface area (Å²) in [6, 6.07) is 3.60. The number of hydrogen-bond acceptors (Lipinski definition) is 5. The molecule has 0 bridgehead atoms. The number of hydrogen-bond donors (Lipinski definition) is 1. The number of aromatic nitrogens is 2. The molecule has 2 N–H and O–H groups in total. The third-order valence-electron chi connectivity index (χ3n) is 2.22. The van der Waals surface area contributed by atoms with E-state index in [1.165, 1.54) is 0 Å². The van der Waals surface area contributed by atoms with Crippen molar-refractivity contribution in [3.63, 3.8) is 0 Å². The van der Waals surface area contributed by atoms with Crippen LogP contribution in [0, 0.1) is 0 Å². The molecule has 0 amide bonds. The lowest BCUT2D eigenvalue weighted by Crippen LogP contribution is -2.21. The van der Waals surface area contributed by atoms with E-state index in [9.17, 15) is 0 Å². The van der Waals surface area contributed by atoms with Crippen molar-refractivity contribution in [2.24, 2.45) is 5.73 Å². The van der Waals surface area contributed by atoms with E-state index in [0.717, 1.165) is 6.42 Å². The van der Waals surface area contributed by atoms with Crippen molar-refractivity contribution < 1.29 is 8.94 Å². The van der Waals surface area contributed by atoms with E-state index in [2.05, 4.69) is 26.1 Å². The summed E-state index contributed by atoms with van der Waals surface area (Å²) in [6.45, 7) is 2.02. The minimum atomic E-state index is 0.0637. The molecule has 0 aromatic carbocycles. The van der Waals surface area contributed by atoms with Gasteiger partial charge in [-0.3, -0.25) is 0 Å². The molecule has 0 aliphatic rings. The van der Waals surface area contributed by atoms with Crippen molar-refractivity contribution in [3.8, 4) is 11.7 Å². The average Bonchev–Trinajstić information content (AvgIpc) is 2.87. The van der Waals surface area contributed by atoms with E-state index in [1.54, 1.807) is 12.1 Å². The highest BCUT2D eigenvalue weighted by Crippen LogP contribution is 2.23. The summed E-state index contributed by atoms with van der Waals surface area (Å²) in [6.07, 6.45) is 1.50. The summed E-state index contributed by atoms with van der Waals surface area (Å²) in [5, 5.41) is 3.85. The fraction of sp³-hybridized carbons (Fsp3) is 0.400. The third-order valence-corrected chi connectivity index (χ3v) is 2.65. The number of halogens is 1. The van der Waals surface area contributed by atoms with Crippen LogP contribution in [-0.4, -0.2) is 16.2 Å². The Kier molecular flexibility index (Phi) is 3.40. The topological polar surface area (TPSA) is 78.1 Å². The van der Waals surface area contributed by atoms with Crippen molar-refractivity contribution in [1.29, 1.82) is 0 Å². The van der Waals surface area contributed by atoms with Gasteiger partial charge in [0.2, 0.25) is 0 Å². The first-order chi connectivity index (χ1) is 7.69. The third kappa shape index (κ3) is 2.51. The van der Waals surface area contributed by atoms with E-state index in [-0.39, 0.29) is 6.04 Å². The molecule has 2 heterocycles. The summed E-state index contributed by atoms with van der Waals surface area (Å²) in [5.74, 6) is 1.54. The molecule has 1 atom stereocenters. The van der Waals surface area contributed by atoms with Crippen molar-refractivity contribution in [1.82, 2.24) is 10.1 Å². The van der Waals surface area contributed by atoms with E-state index in [4.69, 9.17) is 14.7 Å². The van der Waals surface area contributed by atoms with Gasteiger partial charge in [0.15, 0.2) is 16.3 Å². The largest absolute Gasteiger partial charge is 0.444 e. The van der Waals surface area contributed by atoms with Crippen molar-refractivity contribution in [2.75, 3.05) is 0 Å². The summed E-state index contributed by atoms with van der Waals surface area (Å²) in [7, 11) is 0. The highest BCUT2D eigenvalue weighted by molar-refractivity contribution is 9.10. The van der Waals surface area contributed by atoms with Gasteiger partial charge in [0.25, 0.3) is 5.89 Å². The Balaban J connectivity index is 2.13. The Morgan fingerprint density at radius 2 is 2.31 bits per heavy atom. The second-order valence-corrected chi connectivity index (χ2v) is 4.27. The molecule has 2 aromatic rings. The SMILES string of the molecule is CCC(N)Cc1noc(-c2ccc(Br)o2)n1. The van der Waals surface area contributed by atoms with E-state index >= 15 is 0 Å². The number of nitrogens with two attached hydrogens (primary N) is 1. The maximum atomic E-state index is 5.80. The second kappa shape index (κ2) is 4.80. The molecule has 0 radical (unpaired) electrons. The van der Waals surface area contributed by atoms with Crippen LogP contribution in [0.1, 0.15) is 19.2 Å². The number of furan rings is 1. The lowest BCUT2D eigenvalue weighted by molar-refractivity contribution is 0.404. The molecule has 0 saturated carbocycles. The summed E-state index contributed by atoms with van der Waals surface area (Å²) >= 11 is 3.21. The zero-order valence-electron chi connectivity index (χ0n) is 8.81. The Morgan fingerprint density at radius 3 is 2.94 bits per heavy atom. The molecule has 0 saturated heterocycles. The van der Waals surface area contributed by atoms with Crippen LogP contribution in [0.4, 0.5) is 0 Å². The molecule has 86 valence electrons. The van der Waals surface area contributed by atoms with Gasteiger partial charge in [-0.05, 0) is 34.5 Å². The lowest BCUT2D eigenvalue weighted by atomic mass is 10.2. The van der Waals surface area contributed by atoms with Crippen LogP contribution < -0.4 is 5.73 Å². The second-order valence-electron chi connectivity index (χ2n) is 3.49. The molecular formula is C10H12BrN3O2. The molecule has 1 unspecified atom stereocenters. The van der Waals surface area contributed by atoms with Crippen LogP contribution in [0.25, 0.3) is 11.7 Å². The maximum absolute atomic E-state index is 5.80. The summed E-state index contributed by atoms with van der Waals surface area (Å²) < 4.78 is 11.0. The normalized spacial score (nSPS) is 12.9. The van der Waals surface area contributed by atoms with Crippen LogP contribution >= 0.6 is 15.9 Å². The van der Waals surface area contributed by atoms with Gasteiger partial charge in [0.1, 0.15) is 0 Å². The number of nitrogens with zero attached hydrogens (tertiary/aromatic N) is 2. The molecule has 0 spiro atoms. The molecule has 16 heavy (non-hydrogen) atoms. The lowest BCUT2D eigenvalue weighted by Gasteiger charge is -2.02. The van der Waals surface area contributed by atoms with Gasteiger partial charge in [-0.25, -0.2) is 0 Å². The molecule has 2 aromatic heterocycles. The smallest absolute Gasteiger partial charge is 0.293 e. The van der Waals surface area contributed by atoms with Crippen molar-refractivity contribution in [2.45, 2.75) is 25.8 Å². The van der Waals surface area contributed by atoms with Crippen LogP contribution in [0.5, 0.6) is 0 Å². The molecule has 0 aliphatic carbocycles. The first-order valence-corrected chi connectivity index (χ1v) is 5.82. The molecule has 6 heteroatoms. The van der Waals surface area contributed by atoms with Gasteiger partial charge in [-0.1, -0.05) is 12.1 Å². The fourth-order valence-electron chi connectivity index (χ4n) is 1.25. The van der Waals surface area contributed by atoms with Gasteiger partial charge < -0.3 is 14.7 Å².